The zero-order chi connectivity index (χ0) is 12.9. The molecule has 2 aliphatic rings. The highest BCUT2D eigenvalue weighted by molar-refractivity contribution is 5.46. The summed E-state index contributed by atoms with van der Waals surface area (Å²) in [6.45, 7) is 9.38. The number of hydrogen-bond acceptors (Lipinski definition) is 1. The van der Waals surface area contributed by atoms with Crippen LogP contribution in [0.15, 0.2) is 12.1 Å². The molecule has 98 valence electrons. The molecule has 0 radical (unpaired) electrons. The zero-order valence-corrected chi connectivity index (χ0v) is 12.2. The van der Waals surface area contributed by atoms with E-state index in [4.69, 9.17) is 0 Å². The minimum atomic E-state index is 0.272. The first-order chi connectivity index (χ1) is 8.45. The van der Waals surface area contributed by atoms with Gasteiger partial charge < -0.3 is 4.90 Å². The average molecular weight is 243 g/mol. The van der Waals surface area contributed by atoms with Gasteiger partial charge in [-0.15, -0.1) is 0 Å². The fourth-order valence-electron chi connectivity index (χ4n) is 3.67. The van der Waals surface area contributed by atoms with Crippen LogP contribution >= 0.6 is 0 Å². The van der Waals surface area contributed by atoms with E-state index >= 15 is 0 Å². The molecule has 1 aromatic rings. The molecule has 1 heteroatoms. The van der Waals surface area contributed by atoms with Crippen LogP contribution in [0.3, 0.4) is 0 Å². The van der Waals surface area contributed by atoms with Gasteiger partial charge in [0.25, 0.3) is 0 Å². The number of likely N-dealkylation sites (N-methyl/N-ethyl adjacent to an activating group) is 1. The van der Waals surface area contributed by atoms with Crippen LogP contribution in [-0.2, 0) is 18.4 Å². The Bertz CT molecular complexity index is 467. The van der Waals surface area contributed by atoms with E-state index in [1.165, 1.54) is 31.4 Å². The Morgan fingerprint density at radius 1 is 1.17 bits per heavy atom. The van der Waals surface area contributed by atoms with Crippen LogP contribution in [0.4, 0.5) is 0 Å². The molecule has 1 nitrogen and oxygen atoms in total. The third-order valence-corrected chi connectivity index (χ3v) is 4.60. The molecule has 0 saturated carbocycles. The molecule has 0 N–H and O–H groups in total. The van der Waals surface area contributed by atoms with Crippen molar-refractivity contribution in [2.75, 3.05) is 13.6 Å². The molecule has 1 aromatic carbocycles. The van der Waals surface area contributed by atoms with E-state index in [1.807, 2.05) is 0 Å². The van der Waals surface area contributed by atoms with Gasteiger partial charge in [0, 0.05) is 13.1 Å². The lowest BCUT2D eigenvalue weighted by Gasteiger charge is -2.38. The predicted octanol–water partition coefficient (Wildman–Crippen LogP) is 3.85. The van der Waals surface area contributed by atoms with E-state index in [9.17, 15) is 0 Å². The Morgan fingerprint density at radius 3 is 2.61 bits per heavy atom. The standard InChI is InChI=1S/C17H25N/c1-17(2,3)15-8-12-6-5-7-13-10-18(4)11-14(9-15)16(12)13/h8-9,13H,5-7,10-11H2,1-4H3/t13-/m0/s1. The minimum absolute atomic E-state index is 0.272. The number of rotatable bonds is 0. The Kier molecular flexibility index (Phi) is 2.78. The highest BCUT2D eigenvalue weighted by atomic mass is 15.1. The van der Waals surface area contributed by atoms with E-state index in [0.29, 0.717) is 0 Å². The SMILES string of the molecule is CN1Cc2cc(C(C)(C)C)cc3c2[C@@H](CCC3)C1. The van der Waals surface area contributed by atoms with Crippen LogP contribution in [-0.4, -0.2) is 18.5 Å². The minimum Gasteiger partial charge on any atom is -0.301 e. The van der Waals surface area contributed by atoms with E-state index in [-0.39, 0.29) is 5.41 Å². The first-order valence-corrected chi connectivity index (χ1v) is 7.30. The first-order valence-electron chi connectivity index (χ1n) is 7.30. The molecule has 0 unspecified atom stereocenters. The van der Waals surface area contributed by atoms with Gasteiger partial charge in [0.05, 0.1) is 0 Å². The van der Waals surface area contributed by atoms with Crippen molar-refractivity contribution in [1.82, 2.24) is 4.90 Å². The van der Waals surface area contributed by atoms with Crippen LogP contribution in [0.5, 0.6) is 0 Å². The summed E-state index contributed by atoms with van der Waals surface area (Å²) in [6.07, 6.45) is 4.06. The molecular formula is C17H25N. The van der Waals surface area contributed by atoms with Crippen molar-refractivity contribution < 1.29 is 0 Å². The van der Waals surface area contributed by atoms with Gasteiger partial charge in [-0.05, 0) is 59.9 Å². The summed E-state index contributed by atoms with van der Waals surface area (Å²) in [5.41, 5.74) is 6.77. The quantitative estimate of drug-likeness (QED) is 0.669. The lowest BCUT2D eigenvalue weighted by Crippen LogP contribution is -2.33. The maximum Gasteiger partial charge on any atom is 0.0233 e. The van der Waals surface area contributed by atoms with Gasteiger partial charge in [0.2, 0.25) is 0 Å². The summed E-state index contributed by atoms with van der Waals surface area (Å²) in [6, 6.07) is 4.98. The number of benzene rings is 1. The van der Waals surface area contributed by atoms with Crippen molar-refractivity contribution in [1.29, 1.82) is 0 Å². The summed E-state index contributed by atoms with van der Waals surface area (Å²) in [4.78, 5) is 2.49. The fourth-order valence-corrected chi connectivity index (χ4v) is 3.67. The second-order valence-corrected chi connectivity index (χ2v) is 7.24. The van der Waals surface area contributed by atoms with Crippen LogP contribution < -0.4 is 0 Å². The summed E-state index contributed by atoms with van der Waals surface area (Å²) >= 11 is 0. The summed E-state index contributed by atoms with van der Waals surface area (Å²) in [5, 5.41) is 0. The average Bonchev–Trinajstić information content (AvgIpc) is 2.27. The molecule has 1 aliphatic heterocycles. The maximum absolute atomic E-state index is 2.50. The van der Waals surface area contributed by atoms with Crippen molar-refractivity contribution >= 4 is 0 Å². The molecule has 18 heavy (non-hydrogen) atoms. The van der Waals surface area contributed by atoms with Gasteiger partial charge in [0.15, 0.2) is 0 Å². The van der Waals surface area contributed by atoms with Crippen LogP contribution in [0, 0.1) is 0 Å². The summed E-state index contributed by atoms with van der Waals surface area (Å²) in [5.74, 6) is 0.802. The lowest BCUT2D eigenvalue weighted by atomic mass is 9.74. The molecule has 1 aliphatic carbocycles. The third kappa shape index (κ3) is 1.99. The van der Waals surface area contributed by atoms with E-state index in [2.05, 4.69) is 44.9 Å². The number of hydrogen-bond donors (Lipinski definition) is 0. The zero-order valence-electron chi connectivity index (χ0n) is 12.2. The topological polar surface area (TPSA) is 3.24 Å². The molecule has 0 amide bonds. The van der Waals surface area contributed by atoms with Crippen LogP contribution in [0.25, 0.3) is 0 Å². The van der Waals surface area contributed by atoms with Gasteiger partial charge in [-0.3, -0.25) is 0 Å². The van der Waals surface area contributed by atoms with Crippen molar-refractivity contribution in [3.8, 4) is 0 Å². The predicted molar refractivity (Wildman–Crippen MR) is 77.2 cm³/mol. The van der Waals surface area contributed by atoms with Crippen molar-refractivity contribution in [3.63, 3.8) is 0 Å². The summed E-state index contributed by atoms with van der Waals surface area (Å²) < 4.78 is 0. The molecule has 1 atom stereocenters. The highest BCUT2D eigenvalue weighted by Gasteiger charge is 2.30. The Hall–Kier alpha value is -0.820. The Morgan fingerprint density at radius 2 is 1.89 bits per heavy atom. The second-order valence-electron chi connectivity index (χ2n) is 7.24. The molecule has 0 saturated heterocycles. The smallest absolute Gasteiger partial charge is 0.0233 e. The molecule has 3 rings (SSSR count). The Balaban J connectivity index is 2.14. The van der Waals surface area contributed by atoms with Crippen molar-refractivity contribution in [2.45, 2.75) is 57.9 Å². The molecule has 0 bridgehead atoms. The van der Waals surface area contributed by atoms with Gasteiger partial charge in [0.1, 0.15) is 0 Å². The summed E-state index contributed by atoms with van der Waals surface area (Å²) in [7, 11) is 2.26. The Labute approximate surface area is 111 Å². The van der Waals surface area contributed by atoms with E-state index in [1.54, 1.807) is 16.7 Å². The number of aryl methyl sites for hydroxylation is 1. The van der Waals surface area contributed by atoms with E-state index in [0.717, 1.165) is 12.5 Å². The highest BCUT2D eigenvalue weighted by Crippen LogP contribution is 2.40. The second kappa shape index (κ2) is 4.09. The van der Waals surface area contributed by atoms with Gasteiger partial charge in [-0.1, -0.05) is 32.9 Å². The molecular weight excluding hydrogens is 218 g/mol. The molecule has 0 aromatic heterocycles. The normalized spacial score (nSPS) is 23.9. The lowest BCUT2D eigenvalue weighted by molar-refractivity contribution is 0.266. The van der Waals surface area contributed by atoms with Crippen LogP contribution in [0.2, 0.25) is 0 Å². The molecule has 0 fully saturated rings. The monoisotopic (exact) mass is 243 g/mol. The third-order valence-electron chi connectivity index (χ3n) is 4.60. The molecule has 1 heterocycles. The van der Waals surface area contributed by atoms with Crippen molar-refractivity contribution in [2.24, 2.45) is 0 Å². The van der Waals surface area contributed by atoms with E-state index < -0.39 is 0 Å². The maximum atomic E-state index is 2.50. The van der Waals surface area contributed by atoms with Gasteiger partial charge in [-0.25, -0.2) is 0 Å². The fraction of sp³-hybridized carbons (Fsp3) is 0.647. The van der Waals surface area contributed by atoms with Gasteiger partial charge >= 0.3 is 0 Å². The van der Waals surface area contributed by atoms with Crippen LogP contribution in [0.1, 0.15) is 61.8 Å². The first kappa shape index (κ1) is 12.2. The molecule has 0 spiro atoms. The largest absolute Gasteiger partial charge is 0.301 e. The number of nitrogens with zero attached hydrogens (tertiary/aromatic N) is 1. The van der Waals surface area contributed by atoms with Gasteiger partial charge in [-0.2, -0.15) is 0 Å². The van der Waals surface area contributed by atoms with Crippen molar-refractivity contribution in [3.05, 3.63) is 34.4 Å².